The Morgan fingerprint density at radius 1 is 1.29 bits per heavy atom. The minimum absolute atomic E-state index is 0.0888. The number of amides is 1. The summed E-state index contributed by atoms with van der Waals surface area (Å²) >= 11 is 1.36. The Morgan fingerprint density at radius 3 is 2.64 bits per heavy atom. The van der Waals surface area contributed by atoms with Gasteiger partial charge in [0, 0.05) is 22.5 Å². The van der Waals surface area contributed by atoms with Gasteiger partial charge in [-0.25, -0.2) is 0 Å². The van der Waals surface area contributed by atoms with Gasteiger partial charge in [0.2, 0.25) is 0 Å². The second kappa shape index (κ2) is 10.7. The largest absolute Gasteiger partial charge is 0.542 e. The van der Waals surface area contributed by atoms with Crippen LogP contribution in [0.25, 0.3) is 10.4 Å². The van der Waals surface area contributed by atoms with Gasteiger partial charge < -0.3 is 15.2 Å². The fraction of sp³-hybridized carbons (Fsp3) is 0.450. The average Bonchev–Trinajstić information content (AvgIpc) is 3.19. The Balaban J connectivity index is 2.16. The molecule has 1 amide bonds. The van der Waals surface area contributed by atoms with Crippen LogP contribution in [0.4, 0.5) is 0 Å². The standard InChI is InChI=1S/C20H26NO5PS/c1-4-6-13(5-2)12-21-19(22)18-10-9-17(28-18)15-8-7-14(11-16(15)26-3)20(23)27(24)25/h7-11,13,20,23H,4-6,12H2,1-3H3,(H-,21,22,24,25)/p+1. The summed E-state index contributed by atoms with van der Waals surface area (Å²) in [5, 5.41) is 12.8. The van der Waals surface area contributed by atoms with Crippen molar-refractivity contribution in [3.63, 3.8) is 0 Å². The number of rotatable bonds is 10. The molecule has 3 N–H and O–H groups in total. The summed E-state index contributed by atoms with van der Waals surface area (Å²) in [6, 6.07) is 8.48. The van der Waals surface area contributed by atoms with Gasteiger partial charge in [0.05, 0.1) is 12.0 Å². The molecule has 0 saturated heterocycles. The Hall–Kier alpha value is -1.79. The smallest absolute Gasteiger partial charge is 0.496 e. The van der Waals surface area contributed by atoms with Gasteiger partial charge in [-0.15, -0.1) is 11.3 Å². The molecular formula is C20H27NO5PS+. The van der Waals surface area contributed by atoms with Crippen LogP contribution in [0.5, 0.6) is 5.75 Å². The molecule has 2 aromatic rings. The molecule has 2 rings (SSSR count). The van der Waals surface area contributed by atoms with Crippen molar-refractivity contribution in [1.82, 2.24) is 5.32 Å². The first-order valence-corrected chi connectivity index (χ1v) is 11.4. The van der Waals surface area contributed by atoms with E-state index in [9.17, 15) is 14.5 Å². The van der Waals surface area contributed by atoms with Crippen LogP contribution in [0.15, 0.2) is 30.3 Å². The molecule has 0 saturated carbocycles. The summed E-state index contributed by atoms with van der Waals surface area (Å²) in [6.45, 7) is 4.95. The molecule has 0 fully saturated rings. The molecule has 0 radical (unpaired) electrons. The number of hydrogen-bond donors (Lipinski definition) is 3. The minimum atomic E-state index is -2.74. The van der Waals surface area contributed by atoms with Crippen LogP contribution in [0.2, 0.25) is 0 Å². The molecule has 6 nitrogen and oxygen atoms in total. The van der Waals surface area contributed by atoms with Gasteiger partial charge in [-0.05, 0) is 41.2 Å². The van der Waals surface area contributed by atoms with E-state index in [0.717, 1.165) is 29.7 Å². The molecule has 1 heterocycles. The Labute approximate surface area is 170 Å². The Morgan fingerprint density at radius 2 is 2.04 bits per heavy atom. The van der Waals surface area contributed by atoms with Crippen LogP contribution in [-0.4, -0.2) is 29.6 Å². The number of ether oxygens (including phenoxy) is 1. The Kier molecular flexibility index (Phi) is 8.58. The normalized spacial score (nSPS) is 13.7. The molecule has 0 aliphatic heterocycles. The first kappa shape index (κ1) is 22.5. The third-order valence-electron chi connectivity index (χ3n) is 4.65. The maximum absolute atomic E-state index is 12.5. The lowest BCUT2D eigenvalue weighted by atomic mass is 10.0. The molecule has 1 aromatic heterocycles. The zero-order valence-electron chi connectivity index (χ0n) is 16.3. The molecule has 152 valence electrons. The van der Waals surface area contributed by atoms with Crippen molar-refractivity contribution in [3.8, 4) is 16.2 Å². The van der Waals surface area contributed by atoms with E-state index in [2.05, 4.69) is 19.2 Å². The van der Waals surface area contributed by atoms with E-state index >= 15 is 0 Å². The fourth-order valence-corrected chi connectivity index (χ4v) is 4.36. The molecule has 1 aromatic carbocycles. The van der Waals surface area contributed by atoms with Crippen molar-refractivity contribution in [1.29, 1.82) is 0 Å². The van der Waals surface area contributed by atoms with Crippen LogP contribution >= 0.6 is 19.4 Å². The first-order valence-electron chi connectivity index (χ1n) is 9.30. The van der Waals surface area contributed by atoms with Crippen molar-refractivity contribution >= 4 is 25.3 Å². The van der Waals surface area contributed by atoms with Gasteiger partial charge in [-0.1, -0.05) is 32.8 Å². The maximum Gasteiger partial charge on any atom is 0.542 e. The number of benzene rings is 1. The number of hydrogen-bond acceptors (Lipinski definition) is 5. The lowest BCUT2D eigenvalue weighted by Crippen LogP contribution is -2.28. The lowest BCUT2D eigenvalue weighted by Gasteiger charge is -2.14. The zero-order chi connectivity index (χ0) is 20.7. The number of carbonyl (C=O) groups is 1. The highest BCUT2D eigenvalue weighted by Gasteiger charge is 2.29. The molecule has 0 spiro atoms. The third-order valence-corrected chi connectivity index (χ3v) is 6.49. The van der Waals surface area contributed by atoms with Crippen LogP contribution in [0, 0.1) is 5.92 Å². The van der Waals surface area contributed by atoms with Crippen molar-refractivity contribution < 1.29 is 24.1 Å². The number of aliphatic hydroxyl groups excluding tert-OH is 1. The molecule has 0 aliphatic rings. The van der Waals surface area contributed by atoms with Gasteiger partial charge >= 0.3 is 13.9 Å². The summed E-state index contributed by atoms with van der Waals surface area (Å²) in [5.74, 6) is -0.590. The molecule has 28 heavy (non-hydrogen) atoms. The molecular weight excluding hydrogens is 397 g/mol. The van der Waals surface area contributed by atoms with Gasteiger partial charge in [-0.3, -0.25) is 4.79 Å². The maximum atomic E-state index is 12.5. The van der Waals surface area contributed by atoms with E-state index in [1.807, 2.05) is 6.07 Å². The van der Waals surface area contributed by atoms with Crippen LogP contribution in [0.3, 0.4) is 0 Å². The number of methoxy groups -OCH3 is 1. The number of aliphatic hydroxyl groups is 1. The van der Waals surface area contributed by atoms with Crippen molar-refractivity contribution in [2.24, 2.45) is 5.92 Å². The van der Waals surface area contributed by atoms with Crippen LogP contribution in [0.1, 0.15) is 54.2 Å². The molecule has 8 heteroatoms. The predicted molar refractivity (Wildman–Crippen MR) is 112 cm³/mol. The zero-order valence-corrected chi connectivity index (χ0v) is 18.1. The van der Waals surface area contributed by atoms with E-state index < -0.39 is 13.9 Å². The summed E-state index contributed by atoms with van der Waals surface area (Å²) in [5.41, 5.74) is 1.06. The highest BCUT2D eigenvalue weighted by molar-refractivity contribution is 7.38. The van der Waals surface area contributed by atoms with Gasteiger partial charge in [0.25, 0.3) is 5.91 Å². The quantitative estimate of drug-likeness (QED) is 0.480. The predicted octanol–water partition coefficient (Wildman–Crippen LogP) is 4.71. The highest BCUT2D eigenvalue weighted by atomic mass is 32.1. The molecule has 3 unspecified atom stereocenters. The summed E-state index contributed by atoms with van der Waals surface area (Å²) in [7, 11) is -1.24. The van der Waals surface area contributed by atoms with Gasteiger partial charge in [0.1, 0.15) is 5.75 Å². The first-order chi connectivity index (χ1) is 13.4. The third kappa shape index (κ3) is 5.61. The van der Waals surface area contributed by atoms with Gasteiger partial charge in [-0.2, -0.15) is 4.89 Å². The van der Waals surface area contributed by atoms with Gasteiger partial charge in [0.15, 0.2) is 0 Å². The van der Waals surface area contributed by atoms with Crippen molar-refractivity contribution in [2.45, 2.75) is 39.0 Å². The monoisotopic (exact) mass is 424 g/mol. The van der Waals surface area contributed by atoms with E-state index in [4.69, 9.17) is 9.63 Å². The SMILES string of the molecule is CCCC(CC)CNC(=O)c1ccc(-c2ccc(C(O)[P+](=O)O)cc2OC)s1. The fourth-order valence-electron chi connectivity index (χ4n) is 2.99. The van der Waals surface area contributed by atoms with Crippen molar-refractivity contribution in [3.05, 3.63) is 40.8 Å². The van der Waals surface area contributed by atoms with Crippen LogP contribution in [-0.2, 0) is 4.57 Å². The number of nitrogens with one attached hydrogen (secondary N) is 1. The second-order valence-electron chi connectivity index (χ2n) is 6.57. The Bertz CT molecular complexity index is 823. The van der Waals surface area contributed by atoms with Crippen molar-refractivity contribution in [2.75, 3.05) is 13.7 Å². The highest BCUT2D eigenvalue weighted by Crippen LogP contribution is 2.40. The summed E-state index contributed by atoms with van der Waals surface area (Å²) in [6.07, 6.45) is 3.24. The molecule has 3 atom stereocenters. The van der Waals surface area contributed by atoms with E-state index in [-0.39, 0.29) is 5.91 Å². The van der Waals surface area contributed by atoms with Crippen LogP contribution < -0.4 is 10.1 Å². The lowest BCUT2D eigenvalue weighted by molar-refractivity contribution is 0.0950. The topological polar surface area (TPSA) is 95.9 Å². The van der Waals surface area contributed by atoms with E-state index in [0.29, 0.717) is 28.7 Å². The minimum Gasteiger partial charge on any atom is -0.496 e. The summed E-state index contributed by atoms with van der Waals surface area (Å²) in [4.78, 5) is 23.0. The number of thiophene rings is 1. The van der Waals surface area contributed by atoms with E-state index in [1.165, 1.54) is 18.4 Å². The number of carbonyl (C=O) groups excluding carboxylic acids is 1. The second-order valence-corrected chi connectivity index (χ2v) is 8.75. The molecule has 0 bridgehead atoms. The average molecular weight is 424 g/mol. The van der Waals surface area contributed by atoms with E-state index in [1.54, 1.807) is 24.3 Å². The molecule has 0 aliphatic carbocycles. The summed E-state index contributed by atoms with van der Waals surface area (Å²) < 4.78 is 16.5.